The molecule has 3 rings (SSSR count). The Labute approximate surface area is 135 Å². The second-order valence-electron chi connectivity index (χ2n) is 6.04. The Morgan fingerprint density at radius 1 is 1.48 bits per heavy atom. The number of aryl methyl sites for hydroxylation is 1. The van der Waals surface area contributed by atoms with Crippen LogP contribution in [0.4, 0.5) is 0 Å². The van der Waals surface area contributed by atoms with Crippen molar-refractivity contribution in [1.29, 1.82) is 0 Å². The van der Waals surface area contributed by atoms with E-state index in [1.165, 1.54) is 5.56 Å². The maximum Gasteiger partial charge on any atom is 0.307 e. The van der Waals surface area contributed by atoms with Crippen molar-refractivity contribution in [2.75, 3.05) is 13.1 Å². The molecule has 0 aromatic carbocycles. The number of hydrogen-bond donors (Lipinski definition) is 1. The van der Waals surface area contributed by atoms with Crippen molar-refractivity contribution < 1.29 is 14.3 Å². The zero-order valence-corrected chi connectivity index (χ0v) is 13.3. The minimum absolute atomic E-state index is 0.127. The number of aliphatic carboxylic acids is 1. The standard InChI is InChI=1S/C18H22N2O3/c1-2-13-7-8-15(19-11-13)17(16-6-4-10-23-16)20-9-3-5-14(12-20)18(21)22/h4,6-8,10-11,14,17H,2-3,5,9,12H2,1H3,(H,21,22). The van der Waals surface area contributed by atoms with Crippen molar-refractivity contribution in [3.63, 3.8) is 0 Å². The highest BCUT2D eigenvalue weighted by Crippen LogP contribution is 2.32. The molecular formula is C18H22N2O3. The van der Waals surface area contributed by atoms with Crippen molar-refractivity contribution in [2.45, 2.75) is 32.2 Å². The highest BCUT2D eigenvalue weighted by atomic mass is 16.4. The third kappa shape index (κ3) is 3.45. The SMILES string of the molecule is CCc1ccc(C(c2ccco2)N2CCCC(C(=O)O)C2)nc1. The summed E-state index contributed by atoms with van der Waals surface area (Å²) >= 11 is 0. The molecular weight excluding hydrogens is 292 g/mol. The van der Waals surface area contributed by atoms with Gasteiger partial charge in [0, 0.05) is 12.7 Å². The van der Waals surface area contributed by atoms with Gasteiger partial charge in [-0.05, 0) is 49.6 Å². The van der Waals surface area contributed by atoms with Crippen LogP contribution in [0, 0.1) is 5.92 Å². The summed E-state index contributed by atoms with van der Waals surface area (Å²) in [7, 11) is 0. The number of piperidine rings is 1. The van der Waals surface area contributed by atoms with E-state index in [0.717, 1.165) is 37.3 Å². The molecule has 3 heterocycles. The van der Waals surface area contributed by atoms with Crippen molar-refractivity contribution in [3.05, 3.63) is 53.7 Å². The van der Waals surface area contributed by atoms with Crippen LogP contribution in [-0.2, 0) is 11.2 Å². The van der Waals surface area contributed by atoms with E-state index in [4.69, 9.17) is 4.42 Å². The minimum atomic E-state index is -0.720. The summed E-state index contributed by atoms with van der Waals surface area (Å²) in [6.45, 7) is 3.48. The number of aromatic nitrogens is 1. The van der Waals surface area contributed by atoms with Crippen LogP contribution in [0.1, 0.15) is 42.8 Å². The van der Waals surface area contributed by atoms with E-state index in [9.17, 15) is 9.90 Å². The number of furan rings is 1. The van der Waals surface area contributed by atoms with Crippen LogP contribution in [-0.4, -0.2) is 34.0 Å². The number of likely N-dealkylation sites (tertiary alicyclic amines) is 1. The lowest BCUT2D eigenvalue weighted by atomic mass is 9.95. The maximum atomic E-state index is 11.4. The second-order valence-corrected chi connectivity index (χ2v) is 6.04. The number of nitrogens with zero attached hydrogens (tertiary/aromatic N) is 2. The predicted octanol–water partition coefficient (Wildman–Crippen LogP) is 3.12. The van der Waals surface area contributed by atoms with Crippen LogP contribution >= 0.6 is 0 Å². The number of carboxylic acid groups (broad SMARTS) is 1. The van der Waals surface area contributed by atoms with Gasteiger partial charge in [0.1, 0.15) is 11.8 Å². The largest absolute Gasteiger partial charge is 0.481 e. The summed E-state index contributed by atoms with van der Waals surface area (Å²) in [6, 6.07) is 7.78. The van der Waals surface area contributed by atoms with E-state index in [2.05, 4.69) is 22.9 Å². The van der Waals surface area contributed by atoms with Crippen LogP contribution < -0.4 is 0 Å². The molecule has 5 nitrogen and oxygen atoms in total. The lowest BCUT2D eigenvalue weighted by Gasteiger charge is -2.35. The van der Waals surface area contributed by atoms with Crippen LogP contribution in [0.15, 0.2) is 41.1 Å². The normalized spacial score (nSPS) is 20.3. The molecule has 1 N–H and O–H groups in total. The number of rotatable bonds is 5. The topological polar surface area (TPSA) is 66.6 Å². The second kappa shape index (κ2) is 6.96. The lowest BCUT2D eigenvalue weighted by molar-refractivity contribution is -0.143. The fourth-order valence-corrected chi connectivity index (χ4v) is 3.21. The van der Waals surface area contributed by atoms with Gasteiger partial charge in [0.25, 0.3) is 0 Å². The first-order valence-electron chi connectivity index (χ1n) is 8.14. The summed E-state index contributed by atoms with van der Waals surface area (Å²) in [5, 5.41) is 9.34. The molecule has 2 unspecified atom stereocenters. The number of pyridine rings is 1. The van der Waals surface area contributed by atoms with Gasteiger partial charge in [-0.3, -0.25) is 14.7 Å². The van der Waals surface area contributed by atoms with Crippen LogP contribution in [0.25, 0.3) is 0 Å². The molecule has 1 fully saturated rings. The molecule has 0 spiro atoms. The third-order valence-corrected chi connectivity index (χ3v) is 4.52. The molecule has 2 atom stereocenters. The van der Waals surface area contributed by atoms with E-state index in [0.29, 0.717) is 6.54 Å². The minimum Gasteiger partial charge on any atom is -0.481 e. The molecule has 0 bridgehead atoms. The first-order valence-corrected chi connectivity index (χ1v) is 8.14. The highest BCUT2D eigenvalue weighted by molar-refractivity contribution is 5.70. The van der Waals surface area contributed by atoms with Crippen LogP contribution in [0.2, 0.25) is 0 Å². The maximum absolute atomic E-state index is 11.4. The van der Waals surface area contributed by atoms with Gasteiger partial charge in [0.15, 0.2) is 0 Å². The van der Waals surface area contributed by atoms with Gasteiger partial charge < -0.3 is 9.52 Å². The fraction of sp³-hybridized carbons (Fsp3) is 0.444. The van der Waals surface area contributed by atoms with Gasteiger partial charge >= 0.3 is 5.97 Å². The van der Waals surface area contributed by atoms with E-state index in [-0.39, 0.29) is 12.0 Å². The quantitative estimate of drug-likeness (QED) is 0.918. The first-order chi connectivity index (χ1) is 11.2. The molecule has 0 amide bonds. The Balaban J connectivity index is 1.90. The van der Waals surface area contributed by atoms with E-state index in [1.807, 2.05) is 24.4 Å². The van der Waals surface area contributed by atoms with E-state index in [1.54, 1.807) is 6.26 Å². The Hall–Kier alpha value is -2.14. The van der Waals surface area contributed by atoms with Crippen molar-refractivity contribution in [2.24, 2.45) is 5.92 Å². The summed E-state index contributed by atoms with van der Waals surface area (Å²) in [4.78, 5) is 18.1. The molecule has 2 aromatic rings. The molecule has 1 aliphatic heterocycles. The average molecular weight is 314 g/mol. The smallest absolute Gasteiger partial charge is 0.307 e. The van der Waals surface area contributed by atoms with E-state index < -0.39 is 5.97 Å². The third-order valence-electron chi connectivity index (χ3n) is 4.52. The Kier molecular flexibility index (Phi) is 4.76. The Morgan fingerprint density at radius 3 is 2.96 bits per heavy atom. The zero-order valence-electron chi connectivity index (χ0n) is 13.3. The molecule has 1 aliphatic rings. The Morgan fingerprint density at radius 2 is 2.35 bits per heavy atom. The summed E-state index contributed by atoms with van der Waals surface area (Å²) < 4.78 is 5.63. The molecule has 5 heteroatoms. The zero-order chi connectivity index (χ0) is 16.2. The summed E-state index contributed by atoms with van der Waals surface area (Å²) in [5.41, 5.74) is 2.09. The highest BCUT2D eigenvalue weighted by Gasteiger charge is 2.33. The molecule has 0 radical (unpaired) electrons. The molecule has 2 aromatic heterocycles. The van der Waals surface area contributed by atoms with Gasteiger partial charge in [-0.1, -0.05) is 13.0 Å². The van der Waals surface area contributed by atoms with Crippen LogP contribution in [0.3, 0.4) is 0 Å². The van der Waals surface area contributed by atoms with Crippen molar-refractivity contribution in [1.82, 2.24) is 9.88 Å². The first kappa shape index (κ1) is 15.7. The summed E-state index contributed by atoms with van der Waals surface area (Å²) in [5.74, 6) is -0.230. The molecule has 0 saturated carbocycles. The monoisotopic (exact) mass is 314 g/mol. The molecule has 1 saturated heterocycles. The molecule has 122 valence electrons. The number of carbonyl (C=O) groups is 1. The van der Waals surface area contributed by atoms with Crippen molar-refractivity contribution >= 4 is 5.97 Å². The van der Waals surface area contributed by atoms with Crippen molar-refractivity contribution in [3.8, 4) is 0 Å². The van der Waals surface area contributed by atoms with Gasteiger partial charge in [0.2, 0.25) is 0 Å². The Bertz CT molecular complexity index is 637. The van der Waals surface area contributed by atoms with Gasteiger partial charge in [-0.25, -0.2) is 0 Å². The fourth-order valence-electron chi connectivity index (χ4n) is 3.21. The van der Waals surface area contributed by atoms with Gasteiger partial charge in [-0.15, -0.1) is 0 Å². The number of hydrogen-bond acceptors (Lipinski definition) is 4. The predicted molar refractivity (Wildman–Crippen MR) is 86.1 cm³/mol. The van der Waals surface area contributed by atoms with E-state index >= 15 is 0 Å². The molecule has 23 heavy (non-hydrogen) atoms. The van der Waals surface area contributed by atoms with Gasteiger partial charge in [0.05, 0.1) is 17.9 Å². The van der Waals surface area contributed by atoms with Gasteiger partial charge in [-0.2, -0.15) is 0 Å². The number of carboxylic acids is 1. The average Bonchev–Trinajstić information content (AvgIpc) is 3.10. The lowest BCUT2D eigenvalue weighted by Crippen LogP contribution is -2.41. The molecule has 0 aliphatic carbocycles. The summed E-state index contributed by atoms with van der Waals surface area (Å²) in [6.07, 6.45) is 6.11. The van der Waals surface area contributed by atoms with Crippen LogP contribution in [0.5, 0.6) is 0 Å².